The maximum Gasteiger partial charge on any atom is 0.244 e. The lowest BCUT2D eigenvalue weighted by Gasteiger charge is -2.22. The Bertz CT molecular complexity index is 760. The summed E-state index contributed by atoms with van der Waals surface area (Å²) in [7, 11) is -4.12. The molecule has 0 fully saturated rings. The monoisotopic (exact) mass is 382 g/mol. The first kappa shape index (κ1) is 20.6. The van der Waals surface area contributed by atoms with Crippen molar-refractivity contribution in [1.29, 1.82) is 0 Å². The van der Waals surface area contributed by atoms with Crippen LogP contribution >= 0.6 is 0 Å². The van der Waals surface area contributed by atoms with E-state index in [9.17, 15) is 17.6 Å². The van der Waals surface area contributed by atoms with Gasteiger partial charge in [0.05, 0.1) is 0 Å². The number of hydrogen-bond donors (Lipinski definition) is 2. The Morgan fingerprint density at radius 1 is 1.23 bits per heavy atom. The van der Waals surface area contributed by atoms with Crippen LogP contribution in [-0.2, 0) is 14.8 Å². The maximum absolute atomic E-state index is 13.8. The molecule has 144 valence electrons. The van der Waals surface area contributed by atoms with Crippen LogP contribution in [-0.4, -0.2) is 26.9 Å². The lowest BCUT2D eigenvalue weighted by molar-refractivity contribution is -0.123. The summed E-state index contributed by atoms with van der Waals surface area (Å²) in [6.45, 7) is 3.96. The molecule has 1 aromatic carbocycles. The average Bonchev–Trinajstić information content (AvgIpc) is 2.60. The zero-order chi connectivity index (χ0) is 19.2. The van der Waals surface area contributed by atoms with Crippen LogP contribution in [0.5, 0.6) is 0 Å². The molecule has 0 saturated carbocycles. The van der Waals surface area contributed by atoms with Gasteiger partial charge in [-0.25, -0.2) is 12.8 Å². The first-order valence-corrected chi connectivity index (χ1v) is 10.5. The molecule has 26 heavy (non-hydrogen) atoms. The van der Waals surface area contributed by atoms with Crippen molar-refractivity contribution in [3.63, 3.8) is 0 Å². The second-order valence-corrected chi connectivity index (χ2v) is 8.60. The van der Waals surface area contributed by atoms with Crippen LogP contribution in [0.1, 0.15) is 46.0 Å². The quantitative estimate of drug-likeness (QED) is 0.678. The number of nitrogens with one attached hydrogen (secondary N) is 2. The summed E-state index contributed by atoms with van der Waals surface area (Å²) in [4.78, 5) is 12.0. The van der Waals surface area contributed by atoms with E-state index in [1.807, 2.05) is 0 Å². The van der Waals surface area contributed by atoms with Crippen LogP contribution in [0, 0.1) is 11.7 Å². The second-order valence-electron chi connectivity index (χ2n) is 6.92. The number of allylic oxidation sites excluding steroid dienone is 1. The van der Waals surface area contributed by atoms with E-state index in [1.54, 1.807) is 13.8 Å². The molecule has 0 bridgehead atoms. The summed E-state index contributed by atoms with van der Waals surface area (Å²) >= 11 is 0. The number of rotatable bonds is 8. The van der Waals surface area contributed by atoms with Crippen LogP contribution in [0.3, 0.4) is 0 Å². The largest absolute Gasteiger partial charge is 0.354 e. The number of sulfonamides is 1. The molecule has 7 heteroatoms. The van der Waals surface area contributed by atoms with Crippen molar-refractivity contribution in [2.24, 2.45) is 5.92 Å². The smallest absolute Gasteiger partial charge is 0.244 e. The summed E-state index contributed by atoms with van der Waals surface area (Å²) in [5, 5.41) is 2.80. The molecule has 0 saturated heterocycles. The summed E-state index contributed by atoms with van der Waals surface area (Å²) in [5.41, 5.74) is 1.34. The fourth-order valence-corrected chi connectivity index (χ4v) is 4.40. The fourth-order valence-electron chi connectivity index (χ4n) is 2.97. The topological polar surface area (TPSA) is 75.3 Å². The summed E-state index contributed by atoms with van der Waals surface area (Å²) in [5.74, 6) is -1.51. The lowest BCUT2D eigenvalue weighted by Crippen LogP contribution is -2.49. The molecule has 1 aliphatic rings. The number of benzene rings is 1. The summed E-state index contributed by atoms with van der Waals surface area (Å²) < 4.78 is 41.1. The normalized spacial score (nSPS) is 16.2. The van der Waals surface area contributed by atoms with E-state index in [2.05, 4.69) is 16.1 Å². The van der Waals surface area contributed by atoms with Crippen LogP contribution < -0.4 is 10.0 Å². The van der Waals surface area contributed by atoms with E-state index in [0.717, 1.165) is 25.3 Å². The predicted octanol–water partition coefficient (Wildman–Crippen LogP) is 3.14. The number of amides is 1. The summed E-state index contributed by atoms with van der Waals surface area (Å²) in [6.07, 6.45) is 7.52. The van der Waals surface area contributed by atoms with E-state index in [4.69, 9.17) is 0 Å². The fraction of sp³-hybridized carbons (Fsp3) is 0.526. The third-order valence-electron chi connectivity index (χ3n) is 4.49. The van der Waals surface area contributed by atoms with Crippen molar-refractivity contribution in [3.05, 3.63) is 41.7 Å². The van der Waals surface area contributed by atoms with Crippen molar-refractivity contribution >= 4 is 15.9 Å². The first-order chi connectivity index (χ1) is 12.3. The lowest BCUT2D eigenvalue weighted by atomic mass is 9.97. The Hall–Kier alpha value is -1.73. The number of carbonyl (C=O) groups is 1. The minimum atomic E-state index is -4.12. The van der Waals surface area contributed by atoms with Crippen molar-refractivity contribution in [2.75, 3.05) is 6.54 Å². The molecule has 1 aromatic rings. The van der Waals surface area contributed by atoms with E-state index in [-0.39, 0.29) is 5.92 Å². The molecule has 1 atom stereocenters. The van der Waals surface area contributed by atoms with Gasteiger partial charge in [-0.1, -0.05) is 37.6 Å². The molecule has 2 rings (SSSR count). The van der Waals surface area contributed by atoms with Crippen molar-refractivity contribution in [3.8, 4) is 0 Å². The molecule has 1 aliphatic carbocycles. The Morgan fingerprint density at radius 3 is 2.58 bits per heavy atom. The average molecular weight is 383 g/mol. The predicted molar refractivity (Wildman–Crippen MR) is 99.5 cm³/mol. The van der Waals surface area contributed by atoms with Gasteiger partial charge < -0.3 is 5.32 Å². The highest BCUT2D eigenvalue weighted by Crippen LogP contribution is 2.19. The zero-order valence-electron chi connectivity index (χ0n) is 15.3. The van der Waals surface area contributed by atoms with Gasteiger partial charge in [-0.05, 0) is 50.2 Å². The van der Waals surface area contributed by atoms with Crippen molar-refractivity contribution in [1.82, 2.24) is 10.0 Å². The maximum atomic E-state index is 13.8. The molecular weight excluding hydrogens is 355 g/mol. The Balaban J connectivity index is 2.00. The minimum absolute atomic E-state index is 0.273. The molecule has 1 amide bonds. The summed E-state index contributed by atoms with van der Waals surface area (Å²) in [6, 6.07) is 4.17. The molecule has 2 N–H and O–H groups in total. The van der Waals surface area contributed by atoms with E-state index in [1.165, 1.54) is 36.6 Å². The van der Waals surface area contributed by atoms with Gasteiger partial charge in [0.15, 0.2) is 0 Å². The van der Waals surface area contributed by atoms with Gasteiger partial charge in [0, 0.05) is 6.54 Å². The molecule has 0 unspecified atom stereocenters. The molecule has 0 heterocycles. The SMILES string of the molecule is CC(C)[C@H](NS(=O)(=O)c1ccccc1F)C(=O)NCCC1=CCCCC1. The van der Waals surface area contributed by atoms with Crippen molar-refractivity contribution in [2.45, 2.75) is 56.9 Å². The third-order valence-corrected chi connectivity index (χ3v) is 5.96. The molecule has 0 radical (unpaired) electrons. The number of carbonyl (C=O) groups excluding carboxylic acids is 1. The van der Waals surface area contributed by atoms with Gasteiger partial charge in [-0.3, -0.25) is 4.79 Å². The van der Waals surface area contributed by atoms with Crippen LogP contribution in [0.25, 0.3) is 0 Å². The highest BCUT2D eigenvalue weighted by Gasteiger charge is 2.29. The Morgan fingerprint density at radius 2 is 1.96 bits per heavy atom. The van der Waals surface area contributed by atoms with Crippen LogP contribution in [0.15, 0.2) is 40.8 Å². The number of halogens is 1. The van der Waals surface area contributed by atoms with Crippen molar-refractivity contribution < 1.29 is 17.6 Å². The molecule has 0 aromatic heterocycles. The molecular formula is C19H27FN2O3S. The molecule has 0 spiro atoms. The number of hydrogen-bond acceptors (Lipinski definition) is 3. The Labute approximate surface area is 155 Å². The van der Waals surface area contributed by atoms with E-state index in [0.29, 0.717) is 6.54 Å². The highest BCUT2D eigenvalue weighted by atomic mass is 32.2. The first-order valence-electron chi connectivity index (χ1n) is 9.04. The standard InChI is InChI=1S/C19H27FN2O3S/c1-14(2)18(19(23)21-13-12-15-8-4-3-5-9-15)22-26(24,25)17-11-7-6-10-16(17)20/h6-8,10-11,14,18,22H,3-5,9,12-13H2,1-2H3,(H,21,23)/t18-/m0/s1. The van der Waals surface area contributed by atoms with Gasteiger partial charge in [0.1, 0.15) is 16.8 Å². The van der Waals surface area contributed by atoms with Gasteiger partial charge in [0.25, 0.3) is 0 Å². The van der Waals surface area contributed by atoms with Gasteiger partial charge in [-0.15, -0.1) is 0 Å². The second kappa shape index (κ2) is 9.28. The highest BCUT2D eigenvalue weighted by molar-refractivity contribution is 7.89. The Kier molecular flexibility index (Phi) is 7.34. The van der Waals surface area contributed by atoms with Gasteiger partial charge >= 0.3 is 0 Å². The van der Waals surface area contributed by atoms with Crippen LogP contribution in [0.2, 0.25) is 0 Å². The van der Waals surface area contributed by atoms with Gasteiger partial charge in [0.2, 0.25) is 15.9 Å². The minimum Gasteiger partial charge on any atom is -0.354 e. The molecule has 0 aliphatic heterocycles. The molecule has 5 nitrogen and oxygen atoms in total. The zero-order valence-corrected chi connectivity index (χ0v) is 16.1. The third kappa shape index (κ3) is 5.64. The van der Waals surface area contributed by atoms with Gasteiger partial charge in [-0.2, -0.15) is 4.72 Å². The van der Waals surface area contributed by atoms with Crippen LogP contribution in [0.4, 0.5) is 4.39 Å². The van der Waals surface area contributed by atoms with E-state index >= 15 is 0 Å². The van der Waals surface area contributed by atoms with E-state index < -0.39 is 32.7 Å².